The summed E-state index contributed by atoms with van der Waals surface area (Å²) in [5, 5.41) is 2.88. The lowest BCUT2D eigenvalue weighted by molar-refractivity contribution is 0.0949. The van der Waals surface area contributed by atoms with Crippen LogP contribution in [0.15, 0.2) is 46.9 Å². The van der Waals surface area contributed by atoms with Crippen LogP contribution in [0.3, 0.4) is 0 Å². The van der Waals surface area contributed by atoms with Crippen LogP contribution in [0.4, 0.5) is 5.69 Å². The van der Waals surface area contributed by atoms with Crippen molar-refractivity contribution in [3.63, 3.8) is 0 Å². The Morgan fingerprint density at radius 2 is 1.80 bits per heavy atom. The molecule has 30 heavy (non-hydrogen) atoms. The van der Waals surface area contributed by atoms with Crippen LogP contribution in [-0.2, 0) is 16.6 Å². The van der Waals surface area contributed by atoms with Crippen molar-refractivity contribution in [1.82, 2.24) is 10.3 Å². The highest BCUT2D eigenvalue weighted by Gasteiger charge is 2.18. The molecule has 0 aliphatic carbocycles. The molecule has 3 rings (SSSR count). The molecular weight excluding hydrogens is 402 g/mol. The van der Waals surface area contributed by atoms with E-state index in [0.717, 1.165) is 11.1 Å². The number of hydrogen-bond acceptors (Lipinski definition) is 5. The van der Waals surface area contributed by atoms with Gasteiger partial charge in [0.1, 0.15) is 11.5 Å². The second-order valence-corrected chi connectivity index (χ2v) is 9.01. The molecule has 1 aromatic heterocycles. The minimum absolute atomic E-state index is 0.0401. The van der Waals surface area contributed by atoms with Gasteiger partial charge in [-0.25, -0.2) is 13.4 Å². The van der Waals surface area contributed by atoms with Gasteiger partial charge in [-0.2, -0.15) is 0 Å². The number of rotatable bonds is 7. The van der Waals surface area contributed by atoms with E-state index < -0.39 is 10.0 Å². The van der Waals surface area contributed by atoms with Crippen LogP contribution in [0.25, 0.3) is 11.5 Å². The SMILES string of the molecule is CCS(=O)(=O)Nc1ccccc1-c1nc(CNC(=O)c2cccc(C)c2C)c(C)o1. The third kappa shape index (κ3) is 4.71. The first kappa shape index (κ1) is 21.6. The number of carbonyl (C=O) groups is 1. The van der Waals surface area contributed by atoms with Crippen LogP contribution < -0.4 is 10.0 Å². The van der Waals surface area contributed by atoms with Gasteiger partial charge in [0.05, 0.1) is 23.5 Å². The summed E-state index contributed by atoms with van der Waals surface area (Å²) in [6.07, 6.45) is 0. The van der Waals surface area contributed by atoms with E-state index in [0.29, 0.717) is 28.3 Å². The molecule has 0 aliphatic heterocycles. The number of oxazole rings is 1. The van der Waals surface area contributed by atoms with Gasteiger partial charge < -0.3 is 9.73 Å². The molecule has 3 aromatic rings. The molecule has 2 N–H and O–H groups in total. The summed E-state index contributed by atoms with van der Waals surface area (Å²) in [5.41, 5.74) is 4.11. The summed E-state index contributed by atoms with van der Waals surface area (Å²) in [6.45, 7) is 7.40. The minimum atomic E-state index is -3.44. The zero-order valence-electron chi connectivity index (χ0n) is 17.4. The van der Waals surface area contributed by atoms with E-state index >= 15 is 0 Å². The minimum Gasteiger partial charge on any atom is -0.441 e. The standard InChI is InChI=1S/C22H25N3O4S/c1-5-30(27,28)25-19-12-7-6-10-18(19)22-24-20(16(4)29-22)13-23-21(26)17-11-8-9-14(2)15(17)3/h6-12,25H,5,13H2,1-4H3,(H,23,26). The molecule has 0 saturated carbocycles. The Morgan fingerprint density at radius 1 is 1.07 bits per heavy atom. The molecule has 0 atom stereocenters. The first-order chi connectivity index (χ1) is 14.2. The average Bonchev–Trinajstić information content (AvgIpc) is 3.08. The number of sulfonamides is 1. The predicted octanol–water partition coefficient (Wildman–Crippen LogP) is 3.96. The Balaban J connectivity index is 1.81. The normalized spacial score (nSPS) is 11.3. The maximum atomic E-state index is 12.6. The number of aryl methyl sites for hydroxylation is 2. The van der Waals surface area contributed by atoms with Crippen molar-refractivity contribution in [2.45, 2.75) is 34.2 Å². The van der Waals surface area contributed by atoms with Crippen LogP contribution in [0.1, 0.15) is 39.9 Å². The van der Waals surface area contributed by atoms with Crippen molar-refractivity contribution in [2.24, 2.45) is 0 Å². The number of anilines is 1. The number of para-hydroxylation sites is 1. The van der Waals surface area contributed by atoms with Crippen molar-refractivity contribution in [3.8, 4) is 11.5 Å². The van der Waals surface area contributed by atoms with Gasteiger partial charge in [-0.05, 0) is 57.0 Å². The second kappa shape index (κ2) is 8.71. The number of nitrogens with zero attached hydrogens (tertiary/aromatic N) is 1. The van der Waals surface area contributed by atoms with E-state index in [1.54, 1.807) is 44.2 Å². The summed E-state index contributed by atoms with van der Waals surface area (Å²) in [5.74, 6) is 0.621. The number of benzene rings is 2. The number of aromatic nitrogens is 1. The lowest BCUT2D eigenvalue weighted by atomic mass is 10.0. The van der Waals surface area contributed by atoms with Gasteiger partial charge in [0.15, 0.2) is 0 Å². The molecule has 0 aliphatic rings. The van der Waals surface area contributed by atoms with Crippen molar-refractivity contribution in [3.05, 3.63) is 70.6 Å². The maximum absolute atomic E-state index is 12.6. The first-order valence-corrected chi connectivity index (χ1v) is 11.3. The largest absolute Gasteiger partial charge is 0.441 e. The number of hydrogen-bond donors (Lipinski definition) is 2. The summed E-state index contributed by atoms with van der Waals surface area (Å²) in [4.78, 5) is 17.1. The quantitative estimate of drug-likeness (QED) is 0.594. The van der Waals surface area contributed by atoms with Crippen molar-refractivity contribution in [1.29, 1.82) is 0 Å². The molecule has 1 heterocycles. The predicted molar refractivity (Wildman–Crippen MR) is 117 cm³/mol. The average molecular weight is 428 g/mol. The van der Waals surface area contributed by atoms with E-state index in [1.807, 2.05) is 26.0 Å². The van der Waals surface area contributed by atoms with E-state index in [4.69, 9.17) is 4.42 Å². The zero-order valence-corrected chi connectivity index (χ0v) is 18.3. The Kier molecular flexibility index (Phi) is 6.26. The molecule has 0 saturated heterocycles. The van der Waals surface area contributed by atoms with E-state index in [1.165, 1.54) is 0 Å². The maximum Gasteiger partial charge on any atom is 0.251 e. The number of carbonyl (C=O) groups excluding carboxylic acids is 1. The molecule has 0 bridgehead atoms. The highest BCUT2D eigenvalue weighted by atomic mass is 32.2. The van der Waals surface area contributed by atoms with Crippen molar-refractivity contribution in [2.75, 3.05) is 10.5 Å². The van der Waals surface area contributed by atoms with Gasteiger partial charge in [-0.3, -0.25) is 9.52 Å². The Labute approximate surface area is 176 Å². The highest BCUT2D eigenvalue weighted by molar-refractivity contribution is 7.92. The molecule has 0 spiro atoms. The smallest absolute Gasteiger partial charge is 0.251 e. The van der Waals surface area contributed by atoms with E-state index in [-0.39, 0.29) is 24.1 Å². The third-order valence-electron chi connectivity index (χ3n) is 4.96. The molecule has 1 amide bonds. The van der Waals surface area contributed by atoms with Crippen LogP contribution in [-0.4, -0.2) is 25.1 Å². The van der Waals surface area contributed by atoms with Gasteiger partial charge in [-0.1, -0.05) is 24.3 Å². The molecule has 7 nitrogen and oxygen atoms in total. The molecule has 2 aromatic carbocycles. The van der Waals surface area contributed by atoms with E-state index in [9.17, 15) is 13.2 Å². The fraction of sp³-hybridized carbons (Fsp3) is 0.273. The number of amides is 1. The molecule has 0 fully saturated rings. The van der Waals surface area contributed by atoms with Crippen LogP contribution in [0.5, 0.6) is 0 Å². The fourth-order valence-corrected chi connectivity index (χ4v) is 3.62. The molecule has 0 radical (unpaired) electrons. The summed E-state index contributed by atoms with van der Waals surface area (Å²) >= 11 is 0. The molecular formula is C22H25N3O4S. The van der Waals surface area contributed by atoms with Crippen LogP contribution in [0.2, 0.25) is 0 Å². The van der Waals surface area contributed by atoms with Crippen LogP contribution >= 0.6 is 0 Å². The lowest BCUT2D eigenvalue weighted by Gasteiger charge is -2.09. The Bertz CT molecular complexity index is 1180. The zero-order chi connectivity index (χ0) is 21.9. The van der Waals surface area contributed by atoms with Crippen LogP contribution in [0, 0.1) is 20.8 Å². The highest BCUT2D eigenvalue weighted by Crippen LogP contribution is 2.29. The summed E-state index contributed by atoms with van der Waals surface area (Å²) in [6, 6.07) is 12.5. The van der Waals surface area contributed by atoms with Gasteiger partial charge >= 0.3 is 0 Å². The molecule has 0 unspecified atom stereocenters. The molecule has 8 heteroatoms. The van der Waals surface area contributed by atoms with Gasteiger partial charge in [0.25, 0.3) is 5.91 Å². The molecule has 158 valence electrons. The third-order valence-corrected chi connectivity index (χ3v) is 6.25. The summed E-state index contributed by atoms with van der Waals surface area (Å²) < 4.78 is 32.3. The first-order valence-electron chi connectivity index (χ1n) is 9.62. The fourth-order valence-electron chi connectivity index (χ4n) is 2.96. The van der Waals surface area contributed by atoms with Crippen molar-refractivity contribution < 1.29 is 17.6 Å². The van der Waals surface area contributed by atoms with Crippen molar-refractivity contribution >= 4 is 21.6 Å². The number of nitrogens with one attached hydrogen (secondary N) is 2. The van der Waals surface area contributed by atoms with E-state index in [2.05, 4.69) is 15.0 Å². The lowest BCUT2D eigenvalue weighted by Crippen LogP contribution is -2.24. The summed E-state index contributed by atoms with van der Waals surface area (Å²) in [7, 11) is -3.44. The monoisotopic (exact) mass is 427 g/mol. The topological polar surface area (TPSA) is 101 Å². The van der Waals surface area contributed by atoms with Gasteiger partial charge in [0.2, 0.25) is 15.9 Å². The Hall–Kier alpha value is -3.13. The van der Waals surface area contributed by atoms with Gasteiger partial charge in [-0.15, -0.1) is 0 Å². The Morgan fingerprint density at radius 3 is 2.53 bits per heavy atom. The van der Waals surface area contributed by atoms with Gasteiger partial charge in [0, 0.05) is 5.56 Å². The second-order valence-electron chi connectivity index (χ2n) is 7.00.